The summed E-state index contributed by atoms with van der Waals surface area (Å²) in [5.74, 6) is -2.84. The smallest absolute Gasteiger partial charge is 0.313 e. The molecular formula is C61H97NO14. The Bertz CT molecular complexity index is 2150. The lowest BCUT2D eigenvalue weighted by Crippen LogP contribution is -2.70. The minimum Gasteiger partial charge on any atom is -0.435 e. The van der Waals surface area contributed by atoms with E-state index in [9.17, 15) is 15.0 Å². The largest absolute Gasteiger partial charge is 0.435 e. The summed E-state index contributed by atoms with van der Waals surface area (Å²) < 4.78 is 55.0. The molecule has 9 heterocycles. The number of ether oxygens (including phenoxy) is 8. The van der Waals surface area contributed by atoms with Crippen LogP contribution in [0.2, 0.25) is 0 Å². The fraction of sp³-hybridized carbons (Fsp3) is 0.902. The Morgan fingerprint density at radius 2 is 1.50 bits per heavy atom. The molecule has 15 heteroatoms. The number of carbonyl (C=O) groups is 2. The van der Waals surface area contributed by atoms with E-state index in [-0.39, 0.29) is 71.4 Å². The molecule has 0 aromatic carbocycles. The van der Waals surface area contributed by atoms with Crippen LogP contribution in [0.15, 0.2) is 12.2 Å². The molecule has 3 N–H and O–H groups in total. The molecule has 8 saturated heterocycles. The fourth-order valence-electron chi connectivity index (χ4n) is 16.6. The Morgan fingerprint density at radius 3 is 2.18 bits per heavy atom. The van der Waals surface area contributed by atoms with Gasteiger partial charge in [0, 0.05) is 48.3 Å². The average molecular weight is 1070 g/mol. The van der Waals surface area contributed by atoms with E-state index in [0.29, 0.717) is 63.8 Å². The minimum atomic E-state index is -1.21. The Labute approximate surface area is 454 Å². The highest BCUT2D eigenvalue weighted by Crippen LogP contribution is 2.61. The van der Waals surface area contributed by atoms with Crippen LogP contribution in [-0.4, -0.2) is 118 Å². The van der Waals surface area contributed by atoms with E-state index in [2.05, 4.69) is 65.8 Å². The summed E-state index contributed by atoms with van der Waals surface area (Å²) in [5.41, 5.74) is -2.35. The van der Waals surface area contributed by atoms with Crippen LogP contribution < -0.4 is 5.32 Å². The predicted octanol–water partition coefficient (Wildman–Crippen LogP) is 9.33. The van der Waals surface area contributed by atoms with E-state index in [1.165, 1.54) is 0 Å². The number of hydrogen-bond acceptors (Lipinski definition) is 15. The molecule has 0 radical (unpaired) electrons. The number of terminal acetylenes is 1. The topological polar surface area (TPSA) is 179 Å². The normalized spacial score (nSPS) is 50.0. The van der Waals surface area contributed by atoms with Crippen LogP contribution in [0.4, 0.5) is 0 Å². The number of rotatable bonds is 15. The molecule has 1 saturated carbocycles. The van der Waals surface area contributed by atoms with Crippen LogP contribution in [0.1, 0.15) is 180 Å². The summed E-state index contributed by atoms with van der Waals surface area (Å²) in [4.78, 5) is 42.0. The van der Waals surface area contributed by atoms with Gasteiger partial charge in [0.05, 0.1) is 66.3 Å². The van der Waals surface area contributed by atoms with Gasteiger partial charge in [-0.25, -0.2) is 9.78 Å². The Balaban J connectivity index is 0.874. The van der Waals surface area contributed by atoms with Crippen LogP contribution in [0.25, 0.3) is 0 Å². The van der Waals surface area contributed by atoms with Crippen molar-refractivity contribution in [1.82, 2.24) is 5.32 Å². The summed E-state index contributed by atoms with van der Waals surface area (Å²) in [7, 11) is 0. The van der Waals surface area contributed by atoms with Crippen molar-refractivity contribution in [2.45, 2.75) is 270 Å². The molecular weight excluding hydrogens is 971 g/mol. The molecule has 0 aromatic heterocycles. The molecule has 3 spiro atoms. The van der Waals surface area contributed by atoms with Crippen LogP contribution in [-0.2, 0) is 57.3 Å². The van der Waals surface area contributed by atoms with Gasteiger partial charge in [-0.1, -0.05) is 88.2 Å². The number of aliphatic hydroxyl groups is 2. The quantitative estimate of drug-likeness (QED) is 0.0611. The number of ketones is 1. The second kappa shape index (κ2) is 22.0. The van der Waals surface area contributed by atoms with Crippen molar-refractivity contribution >= 4 is 11.8 Å². The molecule has 9 aliphatic heterocycles. The Kier molecular flexibility index (Phi) is 17.0. The van der Waals surface area contributed by atoms with E-state index in [1.807, 2.05) is 54.5 Å². The maximum Gasteiger partial charge on any atom is 0.313 e. The second-order valence-corrected chi connectivity index (χ2v) is 26.5. The van der Waals surface area contributed by atoms with Crippen LogP contribution in [0, 0.1) is 83.4 Å². The number of Topliss-reactive ketones (excluding diaryl/α,β-unsaturated/α-hetero) is 1. The highest BCUT2D eigenvalue weighted by molar-refractivity contribution is 5.84. The summed E-state index contributed by atoms with van der Waals surface area (Å²) in [6.45, 7) is 29.0. The zero-order valence-corrected chi connectivity index (χ0v) is 48.5. The lowest BCUT2D eigenvalue weighted by atomic mass is 9.58. The van der Waals surface area contributed by atoms with Gasteiger partial charge in [-0.05, 0) is 127 Å². The Hall–Kier alpha value is -2.04. The molecule has 0 aromatic rings. The standard InChI is InChI=1S/C61H97NO14/c1-16-30-62-46-23-27-59(74-60(46)29-28-56(14,73-60)47-24-26-58(66,19-4)41(13)67-47)37(9)32-36(8)52(71-59)42(17-2)49(64)39(11)48(63)40(12)50-34(6)31-35(7)51(68-50)43(18-3)53(65)69-54-38(10)45-21-20-33(5)44-22-25-57(15)72-55(70-54)61(44,45)76-75-57/h1,23,27,33-48,50-52,54-55,62-63,66H,17-22,24-26,28-32H2,2-15H3/t33-,34+,35+,36+,37-,38-,39+,40+,41+,42+,43-,44+,45+,46-,47-,48-,50-,51-,52+,54?,55-,56+,57?,58-,59+,60+,61-/m1/s1. The number of aliphatic hydroxyl groups excluding tert-OH is 1. The first-order valence-corrected chi connectivity index (χ1v) is 30.0. The lowest BCUT2D eigenvalue weighted by molar-refractivity contribution is -0.576. The van der Waals surface area contributed by atoms with Crippen molar-refractivity contribution in [2.24, 2.45) is 71.0 Å². The third kappa shape index (κ3) is 10.0. The first-order chi connectivity index (χ1) is 35.9. The van der Waals surface area contributed by atoms with Gasteiger partial charge < -0.3 is 48.1 Å². The van der Waals surface area contributed by atoms with Gasteiger partial charge >= 0.3 is 5.97 Å². The van der Waals surface area contributed by atoms with E-state index in [0.717, 1.165) is 32.1 Å². The number of nitrogens with one attached hydrogen (secondary N) is 1. The molecule has 2 unspecified atom stereocenters. The van der Waals surface area contributed by atoms with Crippen molar-refractivity contribution in [3.05, 3.63) is 12.2 Å². The van der Waals surface area contributed by atoms with Gasteiger partial charge in [-0.15, -0.1) is 6.42 Å². The van der Waals surface area contributed by atoms with Crippen LogP contribution >= 0.6 is 0 Å². The van der Waals surface area contributed by atoms with Gasteiger partial charge in [-0.2, -0.15) is 0 Å². The molecule has 430 valence electrons. The molecule has 2 bridgehead atoms. The molecule has 10 rings (SSSR count). The highest BCUT2D eigenvalue weighted by Gasteiger charge is 2.70. The first-order valence-electron chi connectivity index (χ1n) is 30.0. The van der Waals surface area contributed by atoms with Gasteiger partial charge in [-0.3, -0.25) is 14.9 Å². The van der Waals surface area contributed by atoms with Gasteiger partial charge in [0.2, 0.25) is 12.1 Å². The second-order valence-electron chi connectivity index (χ2n) is 26.5. The van der Waals surface area contributed by atoms with Crippen molar-refractivity contribution < 1.29 is 67.5 Å². The SMILES string of the molecule is C#CCN[C@@H]1C=C[C@]2(O[C@H]([C@@H](CC)C(=O)[C@@H](C)[C@@H](O)[C@H](C)[C@@H]3O[C@@H]([C@@H](CC)C(=O)OC4O[C@@H]5OC6(C)CC[C@H]7[C@H](C)CC[C@@H]([C@H]4C)[C@@]57OO6)[C@@H](C)C[C@@H]3C)[C@@H](C)C[C@H]2C)O[C@@]12CC[C@@](C)([C@H]1CC[C@](O)(CC)[C@H](C)O1)O2. The monoisotopic (exact) mass is 1070 g/mol. The summed E-state index contributed by atoms with van der Waals surface area (Å²) in [6.07, 6.45) is 14.4. The number of esters is 1. The van der Waals surface area contributed by atoms with E-state index >= 15 is 4.79 Å². The van der Waals surface area contributed by atoms with Crippen molar-refractivity contribution in [3.8, 4) is 12.3 Å². The lowest BCUT2D eigenvalue weighted by Gasteiger charge is -2.60. The van der Waals surface area contributed by atoms with E-state index < -0.39 is 94.8 Å². The number of fused-ring (bicyclic) bond motifs is 2. The fourth-order valence-corrected chi connectivity index (χ4v) is 16.6. The maximum atomic E-state index is 15.1. The molecule has 1 aliphatic carbocycles. The highest BCUT2D eigenvalue weighted by atomic mass is 17.3. The average Bonchev–Trinajstić information content (AvgIpc) is 3.68. The predicted molar refractivity (Wildman–Crippen MR) is 283 cm³/mol. The van der Waals surface area contributed by atoms with Gasteiger partial charge in [0.25, 0.3) is 0 Å². The molecule has 15 nitrogen and oxygen atoms in total. The maximum absolute atomic E-state index is 15.1. The number of hydrogen-bond donors (Lipinski definition) is 3. The molecule has 27 atom stereocenters. The Morgan fingerprint density at radius 1 is 0.789 bits per heavy atom. The van der Waals surface area contributed by atoms with Crippen LogP contribution in [0.3, 0.4) is 0 Å². The molecule has 0 amide bonds. The van der Waals surface area contributed by atoms with Gasteiger partial charge in [0.1, 0.15) is 5.78 Å². The minimum absolute atomic E-state index is 0.00672. The van der Waals surface area contributed by atoms with Crippen molar-refractivity contribution in [2.75, 3.05) is 6.54 Å². The third-order valence-electron chi connectivity index (χ3n) is 21.5. The van der Waals surface area contributed by atoms with Crippen molar-refractivity contribution in [1.29, 1.82) is 0 Å². The summed E-state index contributed by atoms with van der Waals surface area (Å²) >= 11 is 0. The number of carbonyl (C=O) groups excluding carboxylic acids is 2. The van der Waals surface area contributed by atoms with E-state index in [1.54, 1.807) is 0 Å². The van der Waals surface area contributed by atoms with E-state index in [4.69, 9.17) is 54.1 Å². The van der Waals surface area contributed by atoms with Crippen molar-refractivity contribution in [3.63, 3.8) is 0 Å². The zero-order valence-electron chi connectivity index (χ0n) is 48.5. The van der Waals surface area contributed by atoms with Crippen LogP contribution in [0.5, 0.6) is 0 Å². The zero-order chi connectivity index (χ0) is 55.1. The van der Waals surface area contributed by atoms with Gasteiger partial charge in [0.15, 0.2) is 23.5 Å². The first kappa shape index (κ1) is 58.6. The molecule has 9 fully saturated rings. The molecule has 76 heavy (non-hydrogen) atoms. The third-order valence-corrected chi connectivity index (χ3v) is 21.5. The summed E-state index contributed by atoms with van der Waals surface area (Å²) in [6, 6.07) is -0.378. The summed E-state index contributed by atoms with van der Waals surface area (Å²) in [5, 5.41) is 27.1. The molecule has 10 aliphatic rings.